The molecule has 36 heavy (non-hydrogen) atoms. The number of halogens is 2. The SMILES string of the molecule is CN1CCN(C(=O)c2ccccc2-c2ccc(CC3CCN(C4CCCCC4)C3=O)c(Cl)c2)CC1.Cl. The van der Waals surface area contributed by atoms with E-state index >= 15 is 0 Å². The summed E-state index contributed by atoms with van der Waals surface area (Å²) in [6.45, 7) is 4.16. The van der Waals surface area contributed by atoms with E-state index in [-0.39, 0.29) is 24.2 Å². The van der Waals surface area contributed by atoms with Gasteiger partial charge in [0.05, 0.1) is 0 Å². The van der Waals surface area contributed by atoms with Gasteiger partial charge in [0.25, 0.3) is 5.91 Å². The van der Waals surface area contributed by atoms with Gasteiger partial charge in [0.15, 0.2) is 0 Å². The molecule has 1 atom stereocenters. The van der Waals surface area contributed by atoms with Crippen LogP contribution >= 0.6 is 24.0 Å². The van der Waals surface area contributed by atoms with Crippen molar-refractivity contribution in [2.75, 3.05) is 39.8 Å². The van der Waals surface area contributed by atoms with E-state index in [0.29, 0.717) is 23.4 Å². The lowest BCUT2D eigenvalue weighted by atomic mass is 9.93. The number of carbonyl (C=O) groups is 2. The lowest BCUT2D eigenvalue weighted by molar-refractivity contribution is -0.133. The van der Waals surface area contributed by atoms with Crippen LogP contribution in [0.4, 0.5) is 0 Å². The maximum atomic E-state index is 13.3. The Morgan fingerprint density at radius 3 is 2.39 bits per heavy atom. The zero-order valence-corrected chi connectivity index (χ0v) is 22.7. The summed E-state index contributed by atoms with van der Waals surface area (Å²) in [5, 5.41) is 0.674. The third kappa shape index (κ3) is 5.74. The van der Waals surface area contributed by atoms with Crippen molar-refractivity contribution in [2.45, 2.75) is 51.0 Å². The minimum atomic E-state index is 0. The molecule has 2 heterocycles. The van der Waals surface area contributed by atoms with Crippen molar-refractivity contribution >= 4 is 35.8 Å². The van der Waals surface area contributed by atoms with Gasteiger partial charge in [-0.05, 0) is 61.6 Å². The van der Waals surface area contributed by atoms with Crippen LogP contribution in [0.15, 0.2) is 42.5 Å². The van der Waals surface area contributed by atoms with Gasteiger partial charge >= 0.3 is 0 Å². The van der Waals surface area contributed by atoms with Crippen LogP contribution in [-0.2, 0) is 11.2 Å². The normalized spacial score (nSPS) is 21.5. The van der Waals surface area contributed by atoms with Gasteiger partial charge in [-0.25, -0.2) is 0 Å². The molecule has 2 saturated heterocycles. The van der Waals surface area contributed by atoms with Gasteiger partial charge in [-0.15, -0.1) is 12.4 Å². The lowest BCUT2D eigenvalue weighted by Gasteiger charge is -2.32. The molecule has 1 unspecified atom stereocenters. The standard InChI is InChI=1S/C29H36ClN3O2.ClH/c1-31-15-17-32(18-16-31)29(35)26-10-6-5-9-25(26)21-11-12-22(27(30)20-21)19-23-13-14-33(28(23)34)24-7-3-2-4-8-24;/h5-6,9-12,20,23-24H,2-4,7-8,13-19H2,1H3;1H. The van der Waals surface area contributed by atoms with Crippen LogP contribution in [0.1, 0.15) is 54.4 Å². The number of likely N-dealkylation sites (N-methyl/N-ethyl adjacent to an activating group) is 1. The monoisotopic (exact) mass is 529 g/mol. The number of hydrogen-bond acceptors (Lipinski definition) is 3. The summed E-state index contributed by atoms with van der Waals surface area (Å²) in [4.78, 5) is 32.8. The maximum Gasteiger partial charge on any atom is 0.254 e. The molecular weight excluding hydrogens is 493 g/mol. The highest BCUT2D eigenvalue weighted by Crippen LogP contribution is 2.34. The molecule has 0 bridgehead atoms. The smallest absolute Gasteiger partial charge is 0.254 e. The highest BCUT2D eigenvalue weighted by Gasteiger charge is 2.36. The average molecular weight is 531 g/mol. The molecule has 0 radical (unpaired) electrons. The molecule has 0 N–H and O–H groups in total. The predicted octanol–water partition coefficient (Wildman–Crippen LogP) is 5.54. The zero-order chi connectivity index (χ0) is 24.4. The molecule has 1 saturated carbocycles. The van der Waals surface area contributed by atoms with E-state index in [1.807, 2.05) is 41.3 Å². The first kappa shape index (κ1) is 27.0. The van der Waals surface area contributed by atoms with Crippen molar-refractivity contribution in [1.82, 2.24) is 14.7 Å². The van der Waals surface area contributed by atoms with Gasteiger partial charge in [-0.1, -0.05) is 61.2 Å². The van der Waals surface area contributed by atoms with Crippen molar-refractivity contribution in [3.8, 4) is 11.1 Å². The Morgan fingerprint density at radius 1 is 0.944 bits per heavy atom. The van der Waals surface area contributed by atoms with E-state index in [9.17, 15) is 9.59 Å². The summed E-state index contributed by atoms with van der Waals surface area (Å²) < 4.78 is 0. The van der Waals surface area contributed by atoms with Gasteiger partial charge in [0.2, 0.25) is 5.91 Å². The van der Waals surface area contributed by atoms with Gasteiger partial charge in [0, 0.05) is 55.3 Å². The minimum absolute atomic E-state index is 0. The van der Waals surface area contributed by atoms with Gasteiger partial charge in [-0.3, -0.25) is 9.59 Å². The number of nitrogens with zero attached hydrogens (tertiary/aromatic N) is 3. The molecule has 3 fully saturated rings. The van der Waals surface area contributed by atoms with E-state index in [1.54, 1.807) is 0 Å². The second-order valence-electron chi connectivity index (χ2n) is 10.5. The second-order valence-corrected chi connectivity index (χ2v) is 10.9. The largest absolute Gasteiger partial charge is 0.339 e. The van der Waals surface area contributed by atoms with E-state index in [2.05, 4.69) is 22.9 Å². The Kier molecular flexibility index (Phi) is 8.97. The number of piperazine rings is 1. The summed E-state index contributed by atoms with van der Waals surface area (Å²) in [5.41, 5.74) is 3.58. The summed E-state index contributed by atoms with van der Waals surface area (Å²) in [6.07, 6.45) is 7.68. The van der Waals surface area contributed by atoms with Crippen molar-refractivity contribution in [2.24, 2.45) is 5.92 Å². The molecule has 1 aliphatic carbocycles. The molecule has 7 heteroatoms. The Hall–Kier alpha value is -2.08. The number of hydrogen-bond donors (Lipinski definition) is 0. The molecular formula is C29H37Cl2N3O2. The van der Waals surface area contributed by atoms with Crippen LogP contribution < -0.4 is 0 Å². The molecule has 2 aliphatic heterocycles. The van der Waals surface area contributed by atoms with E-state index in [0.717, 1.165) is 74.2 Å². The first-order valence-electron chi connectivity index (χ1n) is 13.2. The summed E-state index contributed by atoms with van der Waals surface area (Å²) in [7, 11) is 2.09. The first-order chi connectivity index (χ1) is 17.0. The van der Waals surface area contributed by atoms with Gasteiger partial charge in [-0.2, -0.15) is 0 Å². The summed E-state index contributed by atoms with van der Waals surface area (Å²) in [6, 6.07) is 14.3. The second kappa shape index (κ2) is 12.0. The minimum Gasteiger partial charge on any atom is -0.339 e. The molecule has 0 aromatic heterocycles. The fourth-order valence-electron chi connectivity index (χ4n) is 5.95. The molecule has 5 rings (SSSR count). The molecule has 5 nitrogen and oxygen atoms in total. The van der Waals surface area contributed by atoms with Crippen molar-refractivity contribution in [3.63, 3.8) is 0 Å². The summed E-state index contributed by atoms with van der Waals surface area (Å²) in [5.74, 6) is 0.403. The van der Waals surface area contributed by atoms with Gasteiger partial charge < -0.3 is 14.7 Å². The van der Waals surface area contributed by atoms with Crippen molar-refractivity contribution in [3.05, 3.63) is 58.6 Å². The van der Waals surface area contributed by atoms with Crippen LogP contribution in [0, 0.1) is 5.92 Å². The van der Waals surface area contributed by atoms with Crippen molar-refractivity contribution in [1.29, 1.82) is 0 Å². The fourth-order valence-corrected chi connectivity index (χ4v) is 6.21. The number of carbonyl (C=O) groups excluding carboxylic acids is 2. The van der Waals surface area contributed by atoms with Crippen LogP contribution in [0.5, 0.6) is 0 Å². The van der Waals surface area contributed by atoms with Crippen LogP contribution in [-0.4, -0.2) is 72.3 Å². The van der Waals surface area contributed by atoms with E-state index in [1.165, 1.54) is 19.3 Å². The first-order valence-corrected chi connectivity index (χ1v) is 13.5. The number of rotatable bonds is 5. The topological polar surface area (TPSA) is 43.9 Å². The lowest BCUT2D eigenvalue weighted by Crippen LogP contribution is -2.47. The Labute approximate surface area is 226 Å². The molecule has 2 aromatic carbocycles. The average Bonchev–Trinajstić information content (AvgIpc) is 3.25. The molecule has 194 valence electrons. The van der Waals surface area contributed by atoms with Crippen molar-refractivity contribution < 1.29 is 9.59 Å². The molecule has 2 aromatic rings. The summed E-state index contributed by atoms with van der Waals surface area (Å²) >= 11 is 6.76. The number of benzene rings is 2. The zero-order valence-electron chi connectivity index (χ0n) is 21.1. The predicted molar refractivity (Wildman–Crippen MR) is 148 cm³/mol. The van der Waals surface area contributed by atoms with Crippen LogP contribution in [0.25, 0.3) is 11.1 Å². The Bertz CT molecular complexity index is 1080. The Balaban J connectivity index is 0.00000304. The number of amides is 2. The highest BCUT2D eigenvalue weighted by molar-refractivity contribution is 6.31. The molecule has 3 aliphatic rings. The molecule has 2 amide bonds. The van der Waals surface area contributed by atoms with Gasteiger partial charge in [0.1, 0.15) is 0 Å². The highest BCUT2D eigenvalue weighted by atomic mass is 35.5. The van der Waals surface area contributed by atoms with E-state index < -0.39 is 0 Å². The third-order valence-corrected chi connectivity index (χ3v) is 8.50. The maximum absolute atomic E-state index is 13.3. The molecule has 0 spiro atoms. The fraction of sp³-hybridized carbons (Fsp3) is 0.517. The number of likely N-dealkylation sites (tertiary alicyclic amines) is 1. The third-order valence-electron chi connectivity index (χ3n) is 8.14. The van der Waals surface area contributed by atoms with Crippen LogP contribution in [0.3, 0.4) is 0 Å². The van der Waals surface area contributed by atoms with Crippen LogP contribution in [0.2, 0.25) is 5.02 Å². The quantitative estimate of drug-likeness (QED) is 0.510. The Morgan fingerprint density at radius 2 is 1.67 bits per heavy atom. The van der Waals surface area contributed by atoms with E-state index in [4.69, 9.17) is 11.6 Å².